The largest absolute Gasteiger partial charge is 0.367 e. The number of allylic oxidation sites excluding steroid dienone is 2. The molecule has 1 aliphatic carbocycles. The van der Waals surface area contributed by atoms with E-state index in [2.05, 4.69) is 28.8 Å². The van der Waals surface area contributed by atoms with Gasteiger partial charge in [0.05, 0.1) is 11.6 Å². The molecule has 3 heteroatoms. The van der Waals surface area contributed by atoms with Crippen LogP contribution in [0.4, 0.5) is 0 Å². The summed E-state index contributed by atoms with van der Waals surface area (Å²) >= 11 is 0. The molecule has 3 nitrogen and oxygen atoms in total. The lowest BCUT2D eigenvalue weighted by Crippen LogP contribution is -2.31. The second-order valence-electron chi connectivity index (χ2n) is 5.10. The zero-order valence-corrected chi connectivity index (χ0v) is 11.3. The SMILES string of the molecule is O=C(NC1CCCc2ccccc21)C1=CNC=CC=C1. The average molecular weight is 266 g/mol. The van der Waals surface area contributed by atoms with Crippen LogP contribution in [-0.2, 0) is 11.2 Å². The third-order valence-electron chi connectivity index (χ3n) is 3.76. The Hall–Kier alpha value is -2.29. The second kappa shape index (κ2) is 5.78. The van der Waals surface area contributed by atoms with Crippen molar-refractivity contribution in [1.29, 1.82) is 0 Å². The lowest BCUT2D eigenvalue weighted by Gasteiger charge is -2.26. The number of hydrogen-bond acceptors (Lipinski definition) is 2. The molecule has 2 N–H and O–H groups in total. The van der Waals surface area contributed by atoms with E-state index in [1.54, 1.807) is 12.4 Å². The standard InChI is InChI=1S/C17H18N2O/c20-17(14-7-3-4-11-18-12-14)19-16-10-5-8-13-6-1-2-9-15(13)16/h1-4,6-7,9,11-12,16,18H,5,8,10H2,(H,19,20). The van der Waals surface area contributed by atoms with Gasteiger partial charge >= 0.3 is 0 Å². The summed E-state index contributed by atoms with van der Waals surface area (Å²) in [6.07, 6.45) is 12.3. The van der Waals surface area contributed by atoms with E-state index in [0.29, 0.717) is 5.57 Å². The average Bonchev–Trinajstić information content (AvgIpc) is 2.77. The molecular formula is C17H18N2O. The van der Waals surface area contributed by atoms with Gasteiger partial charge in [0.1, 0.15) is 0 Å². The number of carbonyl (C=O) groups excluding carboxylic acids is 1. The minimum atomic E-state index is -0.0286. The fraction of sp³-hybridized carbons (Fsp3) is 0.235. The molecule has 1 aromatic carbocycles. The Morgan fingerprint density at radius 3 is 3.10 bits per heavy atom. The van der Waals surface area contributed by atoms with Gasteiger partial charge < -0.3 is 10.6 Å². The van der Waals surface area contributed by atoms with Crippen LogP contribution in [0, 0.1) is 0 Å². The summed E-state index contributed by atoms with van der Waals surface area (Å²) in [6, 6.07) is 8.51. The summed E-state index contributed by atoms with van der Waals surface area (Å²) in [5.74, 6) is -0.0286. The summed E-state index contributed by atoms with van der Waals surface area (Å²) in [7, 11) is 0. The summed E-state index contributed by atoms with van der Waals surface area (Å²) in [5, 5.41) is 6.11. The molecule has 0 fully saturated rings. The molecule has 1 unspecified atom stereocenters. The highest BCUT2D eigenvalue weighted by Gasteiger charge is 2.22. The van der Waals surface area contributed by atoms with Crippen LogP contribution >= 0.6 is 0 Å². The van der Waals surface area contributed by atoms with Gasteiger partial charge in [-0.1, -0.05) is 30.3 Å². The van der Waals surface area contributed by atoms with Crippen molar-refractivity contribution in [2.75, 3.05) is 0 Å². The van der Waals surface area contributed by atoms with E-state index in [-0.39, 0.29) is 11.9 Å². The molecule has 0 aromatic heterocycles. The number of fused-ring (bicyclic) bond motifs is 1. The monoisotopic (exact) mass is 266 g/mol. The highest BCUT2D eigenvalue weighted by molar-refractivity contribution is 5.96. The number of benzene rings is 1. The van der Waals surface area contributed by atoms with Crippen molar-refractivity contribution in [2.45, 2.75) is 25.3 Å². The quantitative estimate of drug-likeness (QED) is 0.864. The molecular weight excluding hydrogens is 248 g/mol. The Balaban J connectivity index is 1.76. The predicted molar refractivity (Wildman–Crippen MR) is 79.8 cm³/mol. The zero-order valence-electron chi connectivity index (χ0n) is 11.3. The predicted octanol–water partition coefficient (Wildman–Crippen LogP) is 2.74. The van der Waals surface area contributed by atoms with Gasteiger partial charge in [-0.05, 0) is 42.5 Å². The van der Waals surface area contributed by atoms with Crippen LogP contribution < -0.4 is 10.6 Å². The van der Waals surface area contributed by atoms with Gasteiger partial charge in [0.2, 0.25) is 0 Å². The first kappa shape index (κ1) is 12.7. The Kier molecular flexibility index (Phi) is 3.68. The zero-order chi connectivity index (χ0) is 13.8. The maximum absolute atomic E-state index is 12.3. The summed E-state index contributed by atoms with van der Waals surface area (Å²) < 4.78 is 0. The summed E-state index contributed by atoms with van der Waals surface area (Å²) in [4.78, 5) is 12.3. The Morgan fingerprint density at radius 2 is 2.15 bits per heavy atom. The summed E-state index contributed by atoms with van der Waals surface area (Å²) in [6.45, 7) is 0. The molecule has 1 aromatic rings. The Bertz CT molecular complexity index is 599. The molecule has 0 bridgehead atoms. The van der Waals surface area contributed by atoms with Crippen LogP contribution in [0.1, 0.15) is 30.0 Å². The fourth-order valence-electron chi connectivity index (χ4n) is 2.74. The highest BCUT2D eigenvalue weighted by atomic mass is 16.1. The van der Waals surface area contributed by atoms with E-state index in [9.17, 15) is 4.79 Å². The number of rotatable bonds is 2. The van der Waals surface area contributed by atoms with E-state index in [0.717, 1.165) is 19.3 Å². The minimum Gasteiger partial charge on any atom is -0.367 e. The number of carbonyl (C=O) groups is 1. The smallest absolute Gasteiger partial charge is 0.253 e. The van der Waals surface area contributed by atoms with Gasteiger partial charge in [0.25, 0.3) is 5.91 Å². The van der Waals surface area contributed by atoms with Crippen LogP contribution in [-0.4, -0.2) is 5.91 Å². The van der Waals surface area contributed by atoms with E-state index in [1.807, 2.05) is 24.3 Å². The highest BCUT2D eigenvalue weighted by Crippen LogP contribution is 2.29. The first-order valence-electron chi connectivity index (χ1n) is 7.03. The number of hydrogen-bond donors (Lipinski definition) is 2. The third kappa shape index (κ3) is 2.67. The van der Waals surface area contributed by atoms with E-state index < -0.39 is 0 Å². The lowest BCUT2D eigenvalue weighted by molar-refractivity contribution is -0.118. The molecule has 1 atom stereocenters. The molecule has 2 aliphatic rings. The molecule has 0 saturated carbocycles. The Morgan fingerprint density at radius 1 is 1.25 bits per heavy atom. The number of amides is 1. The van der Waals surface area contributed by atoms with Gasteiger partial charge in [-0.2, -0.15) is 0 Å². The van der Waals surface area contributed by atoms with Crippen molar-refractivity contribution in [3.63, 3.8) is 0 Å². The third-order valence-corrected chi connectivity index (χ3v) is 3.76. The first-order valence-corrected chi connectivity index (χ1v) is 7.03. The molecule has 3 rings (SSSR count). The van der Waals surface area contributed by atoms with Crippen LogP contribution in [0.15, 0.2) is 60.5 Å². The maximum atomic E-state index is 12.3. The Labute approximate surface area is 119 Å². The van der Waals surface area contributed by atoms with Gasteiger partial charge in [0.15, 0.2) is 0 Å². The van der Waals surface area contributed by atoms with Crippen LogP contribution in [0.5, 0.6) is 0 Å². The summed E-state index contributed by atoms with van der Waals surface area (Å²) in [5.41, 5.74) is 3.27. The van der Waals surface area contributed by atoms with Gasteiger partial charge in [-0.15, -0.1) is 0 Å². The van der Waals surface area contributed by atoms with Crippen molar-refractivity contribution in [2.24, 2.45) is 0 Å². The number of nitrogens with one attached hydrogen (secondary N) is 2. The van der Waals surface area contributed by atoms with Crippen LogP contribution in [0.2, 0.25) is 0 Å². The number of aryl methyl sites for hydroxylation is 1. The molecule has 1 amide bonds. The van der Waals surface area contributed by atoms with E-state index in [4.69, 9.17) is 0 Å². The minimum absolute atomic E-state index is 0.0286. The normalized spacial score (nSPS) is 20.4. The van der Waals surface area contributed by atoms with Crippen molar-refractivity contribution >= 4 is 5.91 Å². The van der Waals surface area contributed by atoms with Gasteiger partial charge in [-0.3, -0.25) is 4.79 Å². The van der Waals surface area contributed by atoms with Crippen molar-refractivity contribution in [3.05, 3.63) is 71.6 Å². The van der Waals surface area contributed by atoms with Crippen LogP contribution in [0.3, 0.4) is 0 Å². The van der Waals surface area contributed by atoms with Gasteiger partial charge in [0, 0.05) is 12.4 Å². The molecule has 0 spiro atoms. The van der Waals surface area contributed by atoms with Crippen molar-refractivity contribution in [3.8, 4) is 0 Å². The topological polar surface area (TPSA) is 41.1 Å². The molecule has 0 saturated heterocycles. The van der Waals surface area contributed by atoms with E-state index in [1.165, 1.54) is 11.1 Å². The lowest BCUT2D eigenvalue weighted by atomic mass is 9.87. The molecule has 1 aliphatic heterocycles. The second-order valence-corrected chi connectivity index (χ2v) is 5.10. The molecule has 1 heterocycles. The van der Waals surface area contributed by atoms with Crippen molar-refractivity contribution < 1.29 is 4.79 Å². The molecule has 20 heavy (non-hydrogen) atoms. The van der Waals surface area contributed by atoms with Gasteiger partial charge in [-0.25, -0.2) is 0 Å². The molecule has 102 valence electrons. The van der Waals surface area contributed by atoms with Crippen molar-refractivity contribution in [1.82, 2.24) is 10.6 Å². The molecule has 0 radical (unpaired) electrons. The van der Waals surface area contributed by atoms with E-state index >= 15 is 0 Å². The fourth-order valence-corrected chi connectivity index (χ4v) is 2.74. The maximum Gasteiger partial charge on any atom is 0.253 e. The van der Waals surface area contributed by atoms with Crippen LogP contribution in [0.25, 0.3) is 0 Å². The first-order chi connectivity index (χ1) is 9.84.